The van der Waals surface area contributed by atoms with Gasteiger partial charge < -0.3 is 4.74 Å². The van der Waals surface area contributed by atoms with Gasteiger partial charge in [0.1, 0.15) is 11.9 Å². The van der Waals surface area contributed by atoms with Crippen molar-refractivity contribution in [2.45, 2.75) is 12.5 Å². The standard InChI is InChI=1S/C11H11NO3S/c12-6-5-9-1-3-10(4-2-9)15-11-7-16(13,14)8-11/h1-4,11H,5,7-8H2. The van der Waals surface area contributed by atoms with Crippen molar-refractivity contribution < 1.29 is 13.2 Å². The number of hydrogen-bond donors (Lipinski definition) is 0. The van der Waals surface area contributed by atoms with Crippen LogP contribution in [0.5, 0.6) is 5.75 Å². The average Bonchev–Trinajstić information content (AvgIpc) is 2.18. The molecule has 84 valence electrons. The minimum atomic E-state index is -2.84. The number of nitrogens with zero attached hydrogens (tertiary/aromatic N) is 1. The van der Waals surface area contributed by atoms with Crippen molar-refractivity contribution in [3.8, 4) is 11.8 Å². The third-order valence-electron chi connectivity index (χ3n) is 2.39. The monoisotopic (exact) mass is 237 g/mol. The fraction of sp³-hybridized carbons (Fsp3) is 0.364. The Morgan fingerprint density at radius 2 is 1.94 bits per heavy atom. The fourth-order valence-corrected chi connectivity index (χ4v) is 2.73. The summed E-state index contributed by atoms with van der Waals surface area (Å²) in [6.07, 6.45) is 0.157. The highest BCUT2D eigenvalue weighted by Gasteiger charge is 2.35. The molecule has 0 spiro atoms. The minimum absolute atomic E-state index is 0.104. The van der Waals surface area contributed by atoms with Crippen molar-refractivity contribution in [1.82, 2.24) is 0 Å². The van der Waals surface area contributed by atoms with E-state index in [1.54, 1.807) is 12.1 Å². The molecule has 0 aromatic heterocycles. The first kappa shape index (κ1) is 11.0. The lowest BCUT2D eigenvalue weighted by molar-refractivity contribution is 0.230. The highest BCUT2D eigenvalue weighted by molar-refractivity contribution is 7.92. The Morgan fingerprint density at radius 3 is 2.44 bits per heavy atom. The maximum absolute atomic E-state index is 10.9. The first-order valence-electron chi connectivity index (χ1n) is 4.92. The van der Waals surface area contributed by atoms with Gasteiger partial charge in [0, 0.05) is 0 Å². The fourth-order valence-electron chi connectivity index (χ4n) is 1.56. The quantitative estimate of drug-likeness (QED) is 0.784. The molecule has 1 aliphatic rings. The van der Waals surface area contributed by atoms with Gasteiger partial charge in [0.15, 0.2) is 9.84 Å². The molecule has 0 bridgehead atoms. The lowest BCUT2D eigenvalue weighted by Crippen LogP contribution is -2.45. The summed E-state index contributed by atoms with van der Waals surface area (Å²) in [5, 5.41) is 8.49. The number of sulfone groups is 1. The molecule has 0 atom stereocenters. The predicted molar refractivity (Wildman–Crippen MR) is 58.8 cm³/mol. The van der Waals surface area contributed by atoms with Gasteiger partial charge in [-0.3, -0.25) is 0 Å². The maximum atomic E-state index is 10.9. The number of nitriles is 1. The number of ether oxygens (including phenoxy) is 1. The molecule has 0 saturated carbocycles. The second-order valence-corrected chi connectivity index (χ2v) is 5.95. The Bertz CT molecular complexity index is 501. The van der Waals surface area contributed by atoms with E-state index in [-0.39, 0.29) is 17.6 Å². The van der Waals surface area contributed by atoms with Crippen molar-refractivity contribution in [3.63, 3.8) is 0 Å². The molecular weight excluding hydrogens is 226 g/mol. The van der Waals surface area contributed by atoms with E-state index in [9.17, 15) is 8.42 Å². The molecule has 0 N–H and O–H groups in total. The van der Waals surface area contributed by atoms with Crippen molar-refractivity contribution in [2.24, 2.45) is 0 Å². The molecule has 0 aliphatic carbocycles. The van der Waals surface area contributed by atoms with Gasteiger partial charge in [-0.05, 0) is 17.7 Å². The van der Waals surface area contributed by atoms with Crippen LogP contribution in [0.2, 0.25) is 0 Å². The van der Waals surface area contributed by atoms with E-state index in [2.05, 4.69) is 6.07 Å². The summed E-state index contributed by atoms with van der Waals surface area (Å²) in [5.74, 6) is 0.862. The maximum Gasteiger partial charge on any atom is 0.157 e. The first-order chi connectivity index (χ1) is 7.59. The van der Waals surface area contributed by atoms with E-state index in [0.717, 1.165) is 5.56 Å². The lowest BCUT2D eigenvalue weighted by atomic mass is 10.2. The topological polar surface area (TPSA) is 67.2 Å². The van der Waals surface area contributed by atoms with Gasteiger partial charge in [-0.2, -0.15) is 5.26 Å². The van der Waals surface area contributed by atoms with Gasteiger partial charge in [0.05, 0.1) is 24.0 Å². The summed E-state index contributed by atoms with van der Waals surface area (Å²) >= 11 is 0. The molecule has 1 fully saturated rings. The Morgan fingerprint density at radius 1 is 1.31 bits per heavy atom. The molecule has 1 aromatic carbocycles. The summed E-state index contributed by atoms with van der Waals surface area (Å²) in [5.41, 5.74) is 0.927. The largest absolute Gasteiger partial charge is 0.488 e. The molecule has 16 heavy (non-hydrogen) atoms. The third-order valence-corrected chi connectivity index (χ3v) is 4.15. The Balaban J connectivity index is 1.94. The summed E-state index contributed by atoms with van der Waals surface area (Å²) in [6.45, 7) is 0. The van der Waals surface area contributed by atoms with E-state index in [0.29, 0.717) is 12.2 Å². The Hall–Kier alpha value is -1.54. The van der Waals surface area contributed by atoms with Gasteiger partial charge >= 0.3 is 0 Å². The van der Waals surface area contributed by atoms with Crippen molar-refractivity contribution in [3.05, 3.63) is 29.8 Å². The third kappa shape index (κ3) is 2.52. The molecule has 2 rings (SSSR count). The average molecular weight is 237 g/mol. The van der Waals surface area contributed by atoms with Crippen molar-refractivity contribution in [1.29, 1.82) is 5.26 Å². The van der Waals surface area contributed by atoms with Gasteiger partial charge in [-0.1, -0.05) is 12.1 Å². The molecule has 0 amide bonds. The van der Waals surface area contributed by atoms with Crippen LogP contribution in [0.1, 0.15) is 5.56 Å². The van der Waals surface area contributed by atoms with Gasteiger partial charge in [0.2, 0.25) is 0 Å². The summed E-state index contributed by atoms with van der Waals surface area (Å²) in [7, 11) is -2.84. The van der Waals surface area contributed by atoms with Gasteiger partial charge in [-0.25, -0.2) is 8.42 Å². The van der Waals surface area contributed by atoms with Crippen LogP contribution >= 0.6 is 0 Å². The van der Waals surface area contributed by atoms with E-state index < -0.39 is 9.84 Å². The van der Waals surface area contributed by atoms with Gasteiger partial charge in [-0.15, -0.1) is 0 Å². The number of rotatable bonds is 3. The van der Waals surface area contributed by atoms with Crippen LogP contribution in [-0.4, -0.2) is 26.0 Å². The normalized spacial score (nSPS) is 18.4. The number of benzene rings is 1. The highest BCUT2D eigenvalue weighted by atomic mass is 32.2. The van der Waals surface area contributed by atoms with Crippen LogP contribution in [0.15, 0.2) is 24.3 Å². The zero-order valence-corrected chi connectivity index (χ0v) is 9.40. The van der Waals surface area contributed by atoms with E-state index in [4.69, 9.17) is 10.00 Å². The van der Waals surface area contributed by atoms with Crippen LogP contribution < -0.4 is 4.74 Å². The number of hydrogen-bond acceptors (Lipinski definition) is 4. The SMILES string of the molecule is N#CCc1ccc(OC2CS(=O)(=O)C2)cc1. The van der Waals surface area contributed by atoms with Crippen LogP contribution in [-0.2, 0) is 16.3 Å². The zero-order valence-electron chi connectivity index (χ0n) is 8.59. The van der Waals surface area contributed by atoms with E-state index >= 15 is 0 Å². The van der Waals surface area contributed by atoms with Crippen LogP contribution in [0, 0.1) is 11.3 Å². The highest BCUT2D eigenvalue weighted by Crippen LogP contribution is 2.20. The second-order valence-electron chi connectivity index (χ2n) is 3.80. The van der Waals surface area contributed by atoms with E-state index in [1.807, 2.05) is 12.1 Å². The first-order valence-corrected chi connectivity index (χ1v) is 6.74. The molecule has 0 unspecified atom stereocenters. The summed E-state index contributed by atoms with van der Waals surface area (Å²) < 4.78 is 27.3. The molecule has 0 radical (unpaired) electrons. The molecular formula is C11H11NO3S. The summed E-state index contributed by atoms with van der Waals surface area (Å²) in [6, 6.07) is 9.20. The Kier molecular flexibility index (Phi) is 2.84. The summed E-state index contributed by atoms with van der Waals surface area (Å²) in [4.78, 5) is 0. The van der Waals surface area contributed by atoms with Crippen LogP contribution in [0.3, 0.4) is 0 Å². The van der Waals surface area contributed by atoms with Crippen molar-refractivity contribution >= 4 is 9.84 Å². The molecule has 4 nitrogen and oxygen atoms in total. The second kappa shape index (κ2) is 4.14. The lowest BCUT2D eigenvalue weighted by Gasteiger charge is -2.26. The molecule has 1 aliphatic heterocycles. The zero-order chi connectivity index (χ0) is 11.6. The smallest absolute Gasteiger partial charge is 0.157 e. The molecule has 1 heterocycles. The Labute approximate surface area is 94.4 Å². The van der Waals surface area contributed by atoms with Crippen molar-refractivity contribution in [2.75, 3.05) is 11.5 Å². The van der Waals surface area contributed by atoms with E-state index in [1.165, 1.54) is 0 Å². The predicted octanol–water partition coefficient (Wildman–Crippen LogP) is 0.928. The molecule has 5 heteroatoms. The van der Waals surface area contributed by atoms with Gasteiger partial charge in [0.25, 0.3) is 0 Å². The minimum Gasteiger partial charge on any atom is -0.488 e. The molecule has 1 saturated heterocycles. The van der Waals surface area contributed by atoms with Crippen LogP contribution in [0.25, 0.3) is 0 Å². The molecule has 1 aromatic rings. The van der Waals surface area contributed by atoms with Crippen LogP contribution in [0.4, 0.5) is 0 Å².